The van der Waals surface area contributed by atoms with Crippen molar-refractivity contribution in [3.05, 3.63) is 146 Å². The van der Waals surface area contributed by atoms with Gasteiger partial charge >= 0.3 is 68.9 Å². The van der Waals surface area contributed by atoms with Crippen LogP contribution in [0.3, 0.4) is 0 Å². The Labute approximate surface area is 322 Å². The summed E-state index contributed by atoms with van der Waals surface area (Å²) in [6.45, 7) is 0. The molecule has 0 saturated carbocycles. The van der Waals surface area contributed by atoms with Crippen molar-refractivity contribution in [2.24, 2.45) is 0 Å². The molecule has 1 nitrogen and oxygen atoms in total. The van der Waals surface area contributed by atoms with E-state index in [0.29, 0.717) is 0 Å². The van der Waals surface area contributed by atoms with E-state index in [0.717, 1.165) is 11.0 Å². The zero-order chi connectivity index (χ0) is 28.8. The fraction of sp³-hybridized carbons (Fsp3) is 0. The van der Waals surface area contributed by atoms with E-state index >= 15 is 0 Å². The fourth-order valence-electron chi connectivity index (χ4n) is 7.03. The second-order valence-electron chi connectivity index (χ2n) is 11.8. The summed E-state index contributed by atoms with van der Waals surface area (Å²) in [6, 6.07) is 53.4. The van der Waals surface area contributed by atoms with Crippen LogP contribution in [0.1, 0.15) is 0 Å². The molecule has 0 aliphatic heterocycles. The number of benzene rings is 8. The first-order valence-corrected chi connectivity index (χ1v) is 15.9. The fourth-order valence-corrected chi connectivity index (χ4v) is 8.30. The molecule has 0 unspecified atom stereocenters. The Morgan fingerprint density at radius 1 is 0.378 bits per heavy atom. The zero-order valence-corrected chi connectivity index (χ0v) is 31.8. The van der Waals surface area contributed by atoms with Gasteiger partial charge in [-0.15, -0.1) is 22.4 Å². The van der Waals surface area contributed by atoms with Crippen LogP contribution in [-0.4, -0.2) is 0 Å². The third-order valence-electron chi connectivity index (χ3n) is 9.29. The normalized spacial score (nSPS) is 11.8. The van der Waals surface area contributed by atoms with Gasteiger partial charge in [0.25, 0.3) is 0 Å². The molecule has 3 heteroatoms. The Morgan fingerprint density at radius 2 is 0.844 bits per heavy atom. The van der Waals surface area contributed by atoms with Crippen molar-refractivity contribution in [3.63, 3.8) is 0 Å². The summed E-state index contributed by atoms with van der Waals surface area (Å²) in [5, 5.41) is 12.6. The largest absolute Gasteiger partial charge is 1.00 e. The van der Waals surface area contributed by atoms with Crippen molar-refractivity contribution in [1.29, 1.82) is 0 Å². The van der Waals surface area contributed by atoms with Crippen LogP contribution in [0.15, 0.2) is 146 Å². The molecular weight excluding hydrogens is 683 g/mol. The molecule has 45 heavy (non-hydrogen) atoms. The van der Waals surface area contributed by atoms with Crippen molar-refractivity contribution in [2.75, 3.05) is 0 Å². The molecule has 10 aromatic rings. The molecule has 0 N–H and O–H groups in total. The topological polar surface area (TPSA) is 14.1 Å². The minimum atomic E-state index is 0. The SMILES string of the molecule is [Cs+].c1ccc2cc(-c3ccc4c(c3)[n-]c3c4ccc4c3ccc3c5ccc(-c6ccc7ccccc7c6)cc5sc34)ccc2c1. The van der Waals surface area contributed by atoms with E-state index in [4.69, 9.17) is 4.98 Å². The third kappa shape index (κ3) is 4.45. The summed E-state index contributed by atoms with van der Waals surface area (Å²) >= 11 is 1.89. The van der Waals surface area contributed by atoms with Gasteiger partial charge in [0.2, 0.25) is 0 Å². The number of rotatable bonds is 2. The molecule has 0 amide bonds. The van der Waals surface area contributed by atoms with Crippen molar-refractivity contribution >= 4 is 85.6 Å². The second kappa shape index (κ2) is 10.9. The first-order chi connectivity index (χ1) is 21.8. The maximum absolute atomic E-state index is 5.24. The van der Waals surface area contributed by atoms with Gasteiger partial charge in [-0.3, -0.25) is 0 Å². The van der Waals surface area contributed by atoms with Gasteiger partial charge in [0, 0.05) is 20.2 Å². The second-order valence-corrected chi connectivity index (χ2v) is 12.8. The van der Waals surface area contributed by atoms with E-state index in [1.54, 1.807) is 0 Å². The average molecular weight is 708 g/mol. The summed E-state index contributed by atoms with van der Waals surface area (Å²) in [6.07, 6.45) is 0. The maximum atomic E-state index is 5.24. The number of hydrogen-bond acceptors (Lipinski definition) is 1. The van der Waals surface area contributed by atoms with Crippen molar-refractivity contribution in [3.8, 4) is 22.3 Å². The van der Waals surface area contributed by atoms with Gasteiger partial charge in [0.05, 0.1) is 0 Å². The van der Waals surface area contributed by atoms with Crippen LogP contribution in [0.5, 0.6) is 0 Å². The monoisotopic (exact) mass is 707 g/mol. The summed E-state index contributed by atoms with van der Waals surface area (Å²) in [7, 11) is 0. The Hall–Kier alpha value is -3.39. The molecule has 0 atom stereocenters. The van der Waals surface area contributed by atoms with Gasteiger partial charge in [-0.2, -0.15) is 0 Å². The zero-order valence-electron chi connectivity index (χ0n) is 24.7. The molecule has 0 bridgehead atoms. The molecule has 0 radical (unpaired) electrons. The van der Waals surface area contributed by atoms with Gasteiger partial charge in [-0.05, 0) is 83.5 Å². The van der Waals surface area contributed by atoms with E-state index in [-0.39, 0.29) is 68.9 Å². The van der Waals surface area contributed by atoms with E-state index in [9.17, 15) is 0 Å². The maximum Gasteiger partial charge on any atom is 1.00 e. The van der Waals surface area contributed by atoms with E-state index in [2.05, 4.69) is 146 Å². The predicted molar refractivity (Wildman–Crippen MR) is 191 cm³/mol. The van der Waals surface area contributed by atoms with Crippen LogP contribution in [0.4, 0.5) is 0 Å². The predicted octanol–water partition coefficient (Wildman–Crippen LogP) is 9.12. The Morgan fingerprint density at radius 3 is 1.51 bits per heavy atom. The molecule has 10 rings (SSSR count). The van der Waals surface area contributed by atoms with Gasteiger partial charge in [-0.1, -0.05) is 127 Å². The molecule has 204 valence electrons. The molecule has 0 aliphatic rings. The summed E-state index contributed by atoms with van der Waals surface area (Å²) in [5.41, 5.74) is 7.07. The number of nitrogens with zero attached hydrogens (tertiary/aromatic N) is 1. The number of hydrogen-bond donors (Lipinski definition) is 0. The molecule has 8 aromatic carbocycles. The molecular formula is C42H24CsNS. The molecule has 0 saturated heterocycles. The molecule has 2 aromatic heterocycles. The third-order valence-corrected chi connectivity index (χ3v) is 10.5. The van der Waals surface area contributed by atoms with Crippen LogP contribution >= 0.6 is 11.3 Å². The number of thiophene rings is 1. The number of aromatic nitrogens is 1. The van der Waals surface area contributed by atoms with Gasteiger partial charge in [0.1, 0.15) is 0 Å². The van der Waals surface area contributed by atoms with Gasteiger partial charge in [0.15, 0.2) is 0 Å². The van der Waals surface area contributed by atoms with E-state index < -0.39 is 0 Å². The Kier molecular flexibility index (Phi) is 6.73. The van der Waals surface area contributed by atoms with E-state index in [1.807, 2.05) is 11.3 Å². The Balaban J connectivity index is 0.00000281. The summed E-state index contributed by atoms with van der Waals surface area (Å²) in [5.74, 6) is 0. The Bertz CT molecular complexity index is 2590. The summed E-state index contributed by atoms with van der Waals surface area (Å²) in [4.78, 5) is 5.24. The van der Waals surface area contributed by atoms with E-state index in [1.165, 1.54) is 85.5 Å². The molecule has 0 fully saturated rings. The summed E-state index contributed by atoms with van der Waals surface area (Å²) < 4.78 is 2.65. The van der Waals surface area contributed by atoms with Crippen LogP contribution in [0, 0.1) is 0 Å². The van der Waals surface area contributed by atoms with Gasteiger partial charge in [-0.25, -0.2) is 0 Å². The van der Waals surface area contributed by atoms with Crippen LogP contribution < -0.4 is 73.9 Å². The standard InChI is InChI=1S/C42H24NS.Cs/c1-3-7-27-21-29(11-9-25(27)5-1)31-13-15-33-35-17-20-38-36(41(35)43-39(33)23-31)18-19-37-34-16-14-32(24-40(34)44-42(37)38)30-12-10-26-6-2-4-8-28(26)22-30;/h1-24H;/q-1;+1. The van der Waals surface area contributed by atoms with Crippen molar-refractivity contribution < 1.29 is 68.9 Å². The first-order valence-electron chi connectivity index (χ1n) is 15.0. The minimum absolute atomic E-state index is 0. The molecule has 2 heterocycles. The van der Waals surface area contributed by atoms with Crippen molar-refractivity contribution in [2.45, 2.75) is 0 Å². The van der Waals surface area contributed by atoms with Crippen LogP contribution in [-0.2, 0) is 0 Å². The van der Waals surface area contributed by atoms with Gasteiger partial charge < -0.3 is 4.98 Å². The smallest absolute Gasteiger partial charge is 0.656 e. The van der Waals surface area contributed by atoms with Crippen LogP contribution in [0.2, 0.25) is 0 Å². The molecule has 0 aliphatic carbocycles. The number of fused-ring (bicyclic) bond motifs is 11. The quantitative estimate of drug-likeness (QED) is 0.175. The van der Waals surface area contributed by atoms with Crippen LogP contribution in [0.25, 0.3) is 96.5 Å². The molecule has 0 spiro atoms. The first kappa shape index (κ1) is 27.9. The average Bonchev–Trinajstić information content (AvgIpc) is 3.65. The minimum Gasteiger partial charge on any atom is -0.656 e. The van der Waals surface area contributed by atoms with Crippen molar-refractivity contribution in [1.82, 2.24) is 4.98 Å².